The Kier molecular flexibility index (Phi) is 7.03. The highest BCUT2D eigenvalue weighted by atomic mass is 19.1. The molecule has 228 valence electrons. The summed E-state index contributed by atoms with van der Waals surface area (Å²) in [7, 11) is 0. The normalized spacial score (nSPS) is 24.4. The van der Waals surface area contributed by atoms with Gasteiger partial charge in [0.2, 0.25) is 5.76 Å². The number of amides is 1. The molecule has 11 heteroatoms. The molecule has 6 rings (SSSR count). The van der Waals surface area contributed by atoms with Crippen LogP contribution in [0.3, 0.4) is 0 Å². The van der Waals surface area contributed by atoms with E-state index in [9.17, 15) is 28.7 Å². The predicted octanol–water partition coefficient (Wildman–Crippen LogP) is 3.63. The van der Waals surface area contributed by atoms with Crippen molar-refractivity contribution in [1.29, 1.82) is 0 Å². The van der Waals surface area contributed by atoms with E-state index < -0.39 is 23.1 Å². The second-order valence-electron chi connectivity index (χ2n) is 12.4. The number of aliphatic hydroxyl groups is 1. The summed E-state index contributed by atoms with van der Waals surface area (Å²) in [4.78, 5) is 55.3. The van der Waals surface area contributed by atoms with E-state index in [1.165, 1.54) is 12.1 Å². The van der Waals surface area contributed by atoms with Crippen molar-refractivity contribution in [3.05, 3.63) is 75.2 Å². The fraction of sp³-hybridized carbons (Fsp3) is 0.424. The highest BCUT2D eigenvalue weighted by molar-refractivity contribution is 6.06. The molecule has 5 heterocycles. The fourth-order valence-electron chi connectivity index (χ4n) is 6.79. The van der Waals surface area contributed by atoms with Crippen LogP contribution in [0, 0.1) is 5.82 Å². The van der Waals surface area contributed by atoms with Gasteiger partial charge in [0.1, 0.15) is 29.7 Å². The zero-order valence-electron chi connectivity index (χ0n) is 25.0. The minimum atomic E-state index is -1.86. The molecule has 0 unspecified atom stereocenters. The van der Waals surface area contributed by atoms with Crippen LogP contribution < -0.4 is 4.90 Å². The van der Waals surface area contributed by atoms with Crippen LogP contribution in [0.4, 0.5) is 14.9 Å². The molecule has 0 bridgehead atoms. The molecular weight excluding hydrogens is 569 g/mol. The quantitative estimate of drug-likeness (QED) is 0.508. The van der Waals surface area contributed by atoms with E-state index in [0.717, 1.165) is 0 Å². The summed E-state index contributed by atoms with van der Waals surface area (Å²) in [6, 6.07) is 3.93. The van der Waals surface area contributed by atoms with Crippen LogP contribution in [0.5, 0.6) is 0 Å². The van der Waals surface area contributed by atoms with Crippen molar-refractivity contribution in [2.75, 3.05) is 31.1 Å². The SMILES string of the molecule is CC[C@@]1(O)C(=C=O)OCC2=C1C=C1C3=C(CN1C2=C=O)N([C@H]1CCCN(C(=O)OC(C)(C)C)C1)c1ccc(F)cc1C3=C=O. The first-order valence-corrected chi connectivity index (χ1v) is 14.6. The summed E-state index contributed by atoms with van der Waals surface area (Å²) in [6.07, 6.45) is 2.63. The van der Waals surface area contributed by atoms with Gasteiger partial charge in [-0.3, -0.25) is 0 Å². The third kappa shape index (κ3) is 4.45. The maximum absolute atomic E-state index is 14.7. The Balaban J connectivity index is 1.52. The maximum atomic E-state index is 14.7. The lowest BCUT2D eigenvalue weighted by atomic mass is 9.79. The molecule has 1 fully saturated rings. The third-order valence-electron chi connectivity index (χ3n) is 8.73. The van der Waals surface area contributed by atoms with Crippen molar-refractivity contribution >= 4 is 35.2 Å². The molecule has 10 nitrogen and oxygen atoms in total. The first kappa shape index (κ1) is 29.4. The Bertz CT molecular complexity index is 1730. The molecule has 0 radical (unpaired) electrons. The number of ether oxygens (including phenoxy) is 2. The molecule has 0 saturated carbocycles. The Morgan fingerprint density at radius 3 is 2.64 bits per heavy atom. The Morgan fingerprint density at radius 2 is 1.98 bits per heavy atom. The van der Waals surface area contributed by atoms with E-state index in [1.807, 2.05) is 16.8 Å². The molecule has 2 atom stereocenters. The molecule has 44 heavy (non-hydrogen) atoms. The van der Waals surface area contributed by atoms with Gasteiger partial charge in [-0.25, -0.2) is 23.6 Å². The van der Waals surface area contributed by atoms with Crippen molar-refractivity contribution < 1.29 is 38.1 Å². The molecule has 1 aromatic rings. The van der Waals surface area contributed by atoms with Crippen molar-refractivity contribution in [1.82, 2.24) is 9.80 Å². The minimum Gasteiger partial charge on any atom is -0.479 e. The zero-order chi connectivity index (χ0) is 31.6. The number of hydrogen-bond acceptors (Lipinski definition) is 9. The largest absolute Gasteiger partial charge is 0.479 e. The van der Waals surface area contributed by atoms with E-state index in [4.69, 9.17) is 9.47 Å². The van der Waals surface area contributed by atoms with Crippen LogP contribution in [0.1, 0.15) is 52.5 Å². The van der Waals surface area contributed by atoms with Crippen molar-refractivity contribution in [3.63, 3.8) is 0 Å². The number of nitrogens with zero attached hydrogens (tertiary/aromatic N) is 3. The highest BCUT2D eigenvalue weighted by Gasteiger charge is 2.50. The lowest BCUT2D eigenvalue weighted by molar-refractivity contribution is 0.0199. The zero-order valence-corrected chi connectivity index (χ0v) is 25.0. The lowest BCUT2D eigenvalue weighted by Gasteiger charge is -2.43. The Hall–Kier alpha value is -4.65. The van der Waals surface area contributed by atoms with Crippen LogP contribution in [0.2, 0.25) is 0 Å². The number of anilines is 1. The summed E-state index contributed by atoms with van der Waals surface area (Å²) < 4.78 is 25.9. The summed E-state index contributed by atoms with van der Waals surface area (Å²) in [5.41, 5.74) is 0.702. The van der Waals surface area contributed by atoms with Gasteiger partial charge in [0, 0.05) is 41.1 Å². The molecule has 1 N–H and O–H groups in total. The summed E-state index contributed by atoms with van der Waals surface area (Å²) >= 11 is 0. The number of carbonyl (C=O) groups is 1. The van der Waals surface area contributed by atoms with Gasteiger partial charge in [0.05, 0.1) is 29.5 Å². The van der Waals surface area contributed by atoms with Gasteiger partial charge in [0.25, 0.3) is 0 Å². The van der Waals surface area contributed by atoms with Gasteiger partial charge < -0.3 is 29.3 Å². The lowest BCUT2D eigenvalue weighted by Crippen LogP contribution is -2.52. The predicted molar refractivity (Wildman–Crippen MR) is 157 cm³/mol. The van der Waals surface area contributed by atoms with Crippen LogP contribution in [0.15, 0.2) is 63.8 Å². The summed E-state index contributed by atoms with van der Waals surface area (Å²) in [5, 5.41) is 11.6. The minimum absolute atomic E-state index is 0.0529. The van der Waals surface area contributed by atoms with Gasteiger partial charge in [-0.05, 0) is 64.3 Å². The molecule has 0 spiro atoms. The van der Waals surface area contributed by atoms with Crippen LogP contribution >= 0.6 is 0 Å². The second kappa shape index (κ2) is 10.5. The molecule has 1 saturated heterocycles. The van der Waals surface area contributed by atoms with Crippen LogP contribution in [-0.4, -0.2) is 82.3 Å². The number of hydrogen-bond donors (Lipinski definition) is 1. The van der Waals surface area contributed by atoms with E-state index in [-0.39, 0.29) is 48.2 Å². The number of likely N-dealkylation sites (tertiary alicyclic amines) is 1. The van der Waals surface area contributed by atoms with Crippen molar-refractivity contribution in [2.24, 2.45) is 0 Å². The van der Waals surface area contributed by atoms with E-state index >= 15 is 0 Å². The molecule has 0 aliphatic carbocycles. The smallest absolute Gasteiger partial charge is 0.410 e. The number of fused-ring (bicyclic) bond motifs is 3. The average Bonchev–Trinajstić information content (AvgIpc) is 3.36. The van der Waals surface area contributed by atoms with E-state index in [1.54, 1.807) is 55.6 Å². The molecular formula is C33H32FN3O7. The Labute approximate surface area is 253 Å². The number of benzene rings is 1. The van der Waals surface area contributed by atoms with E-state index in [2.05, 4.69) is 0 Å². The van der Waals surface area contributed by atoms with Crippen LogP contribution in [0.25, 0.3) is 5.57 Å². The number of piperidine rings is 1. The molecule has 1 amide bonds. The Morgan fingerprint density at radius 1 is 1.20 bits per heavy atom. The van der Waals surface area contributed by atoms with Crippen LogP contribution in [-0.2, 0) is 23.9 Å². The highest BCUT2D eigenvalue weighted by Crippen LogP contribution is 2.53. The standard InChI is InChI=1S/C33H32FN3O7/c1-5-33(42)24-12-26-30-22(15-38)21-11-19(34)8-9-25(21)37(20-7-6-10-35(13-20)31(41)44-32(2,3)4)27(30)14-36(26)28(16-39)23(24)18-43-29(33)17-40/h8-9,11-12,20,42H,5-7,10,13-14,18H2,1-4H3/t20-,33-/m0/s1. The van der Waals surface area contributed by atoms with Gasteiger partial charge >= 0.3 is 6.09 Å². The number of halogens is 1. The molecule has 5 aliphatic rings. The summed E-state index contributed by atoms with van der Waals surface area (Å²) in [5.74, 6) is 4.84. The van der Waals surface area contributed by atoms with E-state index in [0.29, 0.717) is 59.7 Å². The number of carbonyl (C=O) groups excluding carboxylic acids is 4. The molecule has 0 aromatic heterocycles. The average molecular weight is 602 g/mol. The van der Waals surface area contributed by atoms with Crippen molar-refractivity contribution in [2.45, 2.75) is 64.2 Å². The van der Waals surface area contributed by atoms with Gasteiger partial charge in [-0.2, -0.15) is 0 Å². The van der Waals surface area contributed by atoms with Crippen molar-refractivity contribution in [3.8, 4) is 0 Å². The number of rotatable bonds is 2. The first-order valence-electron chi connectivity index (χ1n) is 14.6. The molecule has 5 aliphatic heterocycles. The van der Waals surface area contributed by atoms with Gasteiger partial charge in [0.15, 0.2) is 17.5 Å². The molecule has 1 aromatic carbocycles. The maximum Gasteiger partial charge on any atom is 0.410 e. The third-order valence-corrected chi connectivity index (χ3v) is 8.73. The van der Waals surface area contributed by atoms with Gasteiger partial charge in [-0.15, -0.1) is 0 Å². The van der Waals surface area contributed by atoms with Gasteiger partial charge in [-0.1, -0.05) is 6.92 Å². The second-order valence-corrected chi connectivity index (χ2v) is 12.4. The fourth-order valence-corrected chi connectivity index (χ4v) is 6.79. The first-order chi connectivity index (χ1) is 20.9. The number of allylic oxidation sites excluding steroid dienone is 1. The summed E-state index contributed by atoms with van der Waals surface area (Å²) in [6.45, 7) is 7.89. The topological polar surface area (TPSA) is 117 Å². The monoisotopic (exact) mass is 601 g/mol.